The average molecular weight is 419 g/mol. The molecule has 0 radical (unpaired) electrons. The maximum atomic E-state index is 12.8. The zero-order valence-corrected chi connectivity index (χ0v) is 17.9. The molecule has 1 atom stereocenters. The number of hydrogen-bond acceptors (Lipinski definition) is 7. The van der Waals surface area contributed by atoms with Crippen LogP contribution in [0.4, 0.5) is 5.69 Å². The molecule has 1 saturated heterocycles. The van der Waals surface area contributed by atoms with Crippen molar-refractivity contribution in [1.29, 1.82) is 0 Å². The molecule has 1 aliphatic heterocycles. The van der Waals surface area contributed by atoms with Gasteiger partial charge in [-0.1, -0.05) is 0 Å². The van der Waals surface area contributed by atoms with Gasteiger partial charge in [-0.05, 0) is 49.6 Å². The largest absolute Gasteiger partial charge is 0.368 e. The third-order valence-electron chi connectivity index (χ3n) is 4.90. The number of piperazine rings is 1. The van der Waals surface area contributed by atoms with E-state index in [2.05, 4.69) is 16.1 Å². The number of anilines is 1. The van der Waals surface area contributed by atoms with Crippen molar-refractivity contribution < 1.29 is 9.59 Å². The fraction of sp³-hybridized carbons (Fsp3) is 0.450. The molecule has 2 aromatic rings. The van der Waals surface area contributed by atoms with E-state index in [1.54, 1.807) is 18.7 Å². The second-order valence-electron chi connectivity index (χ2n) is 6.84. The summed E-state index contributed by atoms with van der Waals surface area (Å²) in [5, 5.41) is 2.66. The normalized spacial score (nSPS) is 15.5. The van der Waals surface area contributed by atoms with Gasteiger partial charge >= 0.3 is 0 Å². The number of rotatable bonds is 7. The summed E-state index contributed by atoms with van der Waals surface area (Å²) in [6.07, 6.45) is 2.92. The Morgan fingerprint density at radius 1 is 1.21 bits per heavy atom. The molecule has 0 aliphatic carbocycles. The van der Waals surface area contributed by atoms with Crippen LogP contribution >= 0.6 is 23.1 Å². The van der Waals surface area contributed by atoms with E-state index in [9.17, 15) is 9.59 Å². The van der Waals surface area contributed by atoms with Crippen LogP contribution in [-0.4, -0.2) is 59.8 Å². The summed E-state index contributed by atoms with van der Waals surface area (Å²) in [6, 6.07) is 7.54. The summed E-state index contributed by atoms with van der Waals surface area (Å²) >= 11 is 3.23. The molecule has 2 heterocycles. The highest BCUT2D eigenvalue weighted by molar-refractivity contribution is 7.98. The average Bonchev–Trinajstić information content (AvgIpc) is 3.22. The van der Waals surface area contributed by atoms with E-state index >= 15 is 0 Å². The molecule has 8 heteroatoms. The van der Waals surface area contributed by atoms with E-state index < -0.39 is 0 Å². The predicted molar refractivity (Wildman–Crippen MR) is 117 cm³/mol. The highest BCUT2D eigenvalue weighted by atomic mass is 32.2. The summed E-state index contributed by atoms with van der Waals surface area (Å²) in [6.45, 7) is 4.39. The van der Waals surface area contributed by atoms with Crippen LogP contribution in [0.1, 0.15) is 45.2 Å². The van der Waals surface area contributed by atoms with Crippen molar-refractivity contribution >= 4 is 40.5 Å². The first kappa shape index (κ1) is 20.8. The Bertz CT molecular complexity index is 814. The van der Waals surface area contributed by atoms with E-state index in [1.165, 1.54) is 11.3 Å². The van der Waals surface area contributed by atoms with Crippen molar-refractivity contribution in [1.82, 2.24) is 9.88 Å². The Morgan fingerprint density at radius 2 is 1.89 bits per heavy atom. The number of benzene rings is 1. The molecule has 0 saturated carbocycles. The lowest BCUT2D eigenvalue weighted by molar-refractivity contribution is 0.0741. The molecule has 1 amide bonds. The predicted octanol–water partition coefficient (Wildman–Crippen LogP) is 3.06. The second-order valence-corrected chi connectivity index (χ2v) is 8.72. The first-order chi connectivity index (χ1) is 13.5. The number of ketones is 1. The fourth-order valence-corrected chi connectivity index (χ4v) is 4.48. The van der Waals surface area contributed by atoms with Crippen LogP contribution in [0.5, 0.6) is 0 Å². The highest BCUT2D eigenvalue weighted by Crippen LogP contribution is 2.22. The number of Topliss-reactive ketones (excluding diaryl/α,β-unsaturated/α-hetero) is 1. The number of nitrogens with two attached hydrogens (primary N) is 1. The highest BCUT2D eigenvalue weighted by Gasteiger charge is 2.24. The quantitative estimate of drug-likeness (QED) is 0.696. The van der Waals surface area contributed by atoms with Crippen molar-refractivity contribution in [2.75, 3.05) is 43.1 Å². The van der Waals surface area contributed by atoms with Gasteiger partial charge in [-0.25, -0.2) is 4.98 Å². The van der Waals surface area contributed by atoms with Gasteiger partial charge in [0.1, 0.15) is 10.7 Å². The summed E-state index contributed by atoms with van der Waals surface area (Å²) in [4.78, 5) is 32.8. The van der Waals surface area contributed by atoms with E-state index in [1.807, 2.05) is 34.5 Å². The van der Waals surface area contributed by atoms with Crippen molar-refractivity contribution in [3.05, 3.63) is 45.9 Å². The minimum atomic E-state index is -0.103. The van der Waals surface area contributed by atoms with Crippen LogP contribution in [0.25, 0.3) is 0 Å². The van der Waals surface area contributed by atoms with Gasteiger partial charge in [0.2, 0.25) is 0 Å². The fourth-order valence-electron chi connectivity index (χ4n) is 3.16. The molecule has 3 rings (SSSR count). The monoisotopic (exact) mass is 418 g/mol. The van der Waals surface area contributed by atoms with E-state index in [0.29, 0.717) is 24.3 Å². The van der Waals surface area contributed by atoms with Crippen molar-refractivity contribution in [2.24, 2.45) is 5.73 Å². The smallest absolute Gasteiger partial charge is 0.273 e. The van der Waals surface area contributed by atoms with Gasteiger partial charge in [0, 0.05) is 42.8 Å². The zero-order chi connectivity index (χ0) is 20.1. The third kappa shape index (κ3) is 4.92. The van der Waals surface area contributed by atoms with Crippen LogP contribution in [0, 0.1) is 0 Å². The van der Waals surface area contributed by atoms with Gasteiger partial charge in [0.05, 0.1) is 6.04 Å². The van der Waals surface area contributed by atoms with Crippen molar-refractivity contribution in [3.8, 4) is 0 Å². The first-order valence-electron chi connectivity index (χ1n) is 9.34. The minimum Gasteiger partial charge on any atom is -0.368 e. The Balaban J connectivity index is 1.56. The van der Waals surface area contributed by atoms with Crippen LogP contribution in [0.15, 0.2) is 29.6 Å². The molecule has 0 spiro atoms. The van der Waals surface area contributed by atoms with E-state index in [4.69, 9.17) is 5.73 Å². The molecule has 1 aromatic carbocycles. The molecule has 6 nitrogen and oxygen atoms in total. The summed E-state index contributed by atoms with van der Waals surface area (Å²) in [5.74, 6) is 1.03. The molecule has 150 valence electrons. The number of carbonyl (C=O) groups excluding carboxylic acids is 2. The lowest BCUT2D eigenvalue weighted by Crippen LogP contribution is -2.48. The molecule has 1 unspecified atom stereocenters. The molecule has 2 N–H and O–H groups in total. The van der Waals surface area contributed by atoms with Gasteiger partial charge in [0.25, 0.3) is 5.91 Å². The maximum Gasteiger partial charge on any atom is 0.273 e. The first-order valence-corrected chi connectivity index (χ1v) is 11.6. The Morgan fingerprint density at radius 3 is 2.50 bits per heavy atom. The summed E-state index contributed by atoms with van der Waals surface area (Å²) in [7, 11) is 0. The van der Waals surface area contributed by atoms with Gasteiger partial charge in [-0.3, -0.25) is 9.59 Å². The lowest BCUT2D eigenvalue weighted by Gasteiger charge is -2.35. The number of aromatic nitrogens is 1. The topological polar surface area (TPSA) is 79.5 Å². The second kappa shape index (κ2) is 9.54. The third-order valence-corrected chi connectivity index (χ3v) is 6.52. The zero-order valence-electron chi connectivity index (χ0n) is 16.3. The SMILES string of the molecule is CSCCC(N)c1nc(C(=O)N2CCN(c3ccc(C(C)=O)cc3)CC2)cs1. The van der Waals surface area contributed by atoms with Crippen molar-refractivity contribution in [3.63, 3.8) is 0 Å². The van der Waals surface area contributed by atoms with Crippen LogP contribution in [0.3, 0.4) is 0 Å². The number of thiazole rings is 1. The van der Waals surface area contributed by atoms with Crippen LogP contribution < -0.4 is 10.6 Å². The lowest BCUT2D eigenvalue weighted by atomic mass is 10.1. The van der Waals surface area contributed by atoms with Crippen LogP contribution in [0.2, 0.25) is 0 Å². The van der Waals surface area contributed by atoms with Crippen LogP contribution in [-0.2, 0) is 0 Å². The van der Waals surface area contributed by atoms with Gasteiger partial charge in [-0.15, -0.1) is 11.3 Å². The number of amides is 1. The maximum absolute atomic E-state index is 12.8. The molecular weight excluding hydrogens is 392 g/mol. The molecule has 0 bridgehead atoms. The molecular formula is C20H26N4O2S2. The molecule has 1 aromatic heterocycles. The molecule has 28 heavy (non-hydrogen) atoms. The summed E-state index contributed by atoms with van der Waals surface area (Å²) in [5.41, 5.74) is 8.46. The standard InChI is InChI=1S/C20H26N4O2S2/c1-14(25)15-3-5-16(6-4-15)23-8-10-24(11-9-23)20(26)18-13-28-19(22-18)17(21)7-12-27-2/h3-6,13,17H,7-12,21H2,1-2H3. The minimum absolute atomic E-state index is 0.0221. The Labute approximate surface area is 174 Å². The number of thioether (sulfide) groups is 1. The van der Waals surface area contributed by atoms with Gasteiger partial charge < -0.3 is 15.5 Å². The number of nitrogens with zero attached hydrogens (tertiary/aromatic N) is 3. The van der Waals surface area contributed by atoms with Gasteiger partial charge in [-0.2, -0.15) is 11.8 Å². The number of carbonyl (C=O) groups is 2. The molecule has 1 fully saturated rings. The number of hydrogen-bond donors (Lipinski definition) is 1. The van der Waals surface area contributed by atoms with Crippen molar-refractivity contribution in [2.45, 2.75) is 19.4 Å². The van der Waals surface area contributed by atoms with E-state index in [-0.39, 0.29) is 17.7 Å². The molecule has 1 aliphatic rings. The Hall–Kier alpha value is -1.90. The van der Waals surface area contributed by atoms with Gasteiger partial charge in [0.15, 0.2) is 5.78 Å². The summed E-state index contributed by atoms with van der Waals surface area (Å²) < 4.78 is 0. The van der Waals surface area contributed by atoms with E-state index in [0.717, 1.165) is 36.0 Å². The Kier molecular flexibility index (Phi) is 7.09.